The zero-order valence-corrected chi connectivity index (χ0v) is 16.0. The summed E-state index contributed by atoms with van der Waals surface area (Å²) < 4.78 is 47.9. The first-order chi connectivity index (χ1) is 13.6. The Hall–Kier alpha value is -3.00. The first kappa shape index (κ1) is 20.7. The van der Waals surface area contributed by atoms with Gasteiger partial charge in [-0.2, -0.15) is 0 Å². The Morgan fingerprint density at radius 1 is 1.10 bits per heavy atom. The van der Waals surface area contributed by atoms with Crippen LogP contribution in [0.2, 0.25) is 0 Å². The van der Waals surface area contributed by atoms with Crippen LogP contribution >= 0.6 is 0 Å². The van der Waals surface area contributed by atoms with Crippen molar-refractivity contribution in [2.24, 2.45) is 0 Å². The molecule has 0 saturated carbocycles. The van der Waals surface area contributed by atoms with Gasteiger partial charge in [-0.25, -0.2) is 13.2 Å². The molecule has 2 aromatic carbocycles. The van der Waals surface area contributed by atoms with Crippen LogP contribution in [0.25, 0.3) is 22.3 Å². The number of halogens is 3. The lowest BCUT2D eigenvalue weighted by atomic mass is 10.0. The molecule has 3 rings (SSSR count). The molecule has 1 heterocycles. The van der Waals surface area contributed by atoms with Crippen molar-refractivity contribution in [3.05, 3.63) is 58.0 Å². The van der Waals surface area contributed by atoms with Gasteiger partial charge in [0.1, 0.15) is 17.4 Å². The van der Waals surface area contributed by atoms with Crippen LogP contribution in [0.4, 0.5) is 24.5 Å². The Morgan fingerprint density at radius 2 is 1.83 bits per heavy atom. The quantitative estimate of drug-likeness (QED) is 0.417. The van der Waals surface area contributed by atoms with Gasteiger partial charge in [-0.05, 0) is 44.9 Å². The summed E-state index contributed by atoms with van der Waals surface area (Å²) in [5.74, 6) is -2.76. The van der Waals surface area contributed by atoms with Gasteiger partial charge in [0.2, 0.25) is 0 Å². The van der Waals surface area contributed by atoms with E-state index in [-0.39, 0.29) is 34.6 Å². The molecule has 0 aliphatic carbocycles. The minimum absolute atomic E-state index is 0.0695. The number of hydrogen-bond donors (Lipinski definition) is 3. The molecule has 8 heteroatoms. The molecule has 0 unspecified atom stereocenters. The number of benzene rings is 2. The third-order valence-electron chi connectivity index (χ3n) is 4.46. The van der Waals surface area contributed by atoms with Crippen LogP contribution in [-0.2, 0) is 0 Å². The highest BCUT2D eigenvalue weighted by Crippen LogP contribution is 2.31. The summed E-state index contributed by atoms with van der Waals surface area (Å²) in [7, 11) is 0. The summed E-state index contributed by atoms with van der Waals surface area (Å²) in [5, 5.41) is 12.3. The minimum Gasteiger partial charge on any atom is -0.453 e. The average Bonchev–Trinajstić information content (AvgIpc) is 2.62. The Kier molecular flexibility index (Phi) is 5.57. The van der Waals surface area contributed by atoms with E-state index in [1.54, 1.807) is 13.8 Å². The summed E-state index contributed by atoms with van der Waals surface area (Å²) in [4.78, 5) is 12.7. The number of nitrogen functional groups attached to an aromatic ring is 1. The second-order valence-electron chi connectivity index (χ2n) is 7.47. The van der Waals surface area contributed by atoms with E-state index < -0.39 is 34.1 Å². The van der Waals surface area contributed by atoms with Crippen LogP contribution in [0.15, 0.2) is 39.5 Å². The zero-order valence-electron chi connectivity index (χ0n) is 16.0. The largest absolute Gasteiger partial charge is 0.453 e. The van der Waals surface area contributed by atoms with Crippen molar-refractivity contribution in [2.75, 3.05) is 17.6 Å². The number of rotatable bonds is 6. The number of hydrogen-bond acceptors (Lipinski definition) is 5. The SMILES string of the molecule is CC(C)(O)CCCNc1c(F)cc(F)c2oc(-c3ccc(N)c(F)c3)cc(=O)c12. The standard InChI is InChI=1S/C21H21F3N2O3/c1-21(2,28)6-3-7-26-19-13(23)9-14(24)20-18(19)16(27)10-17(29-20)11-4-5-15(25)12(22)8-11/h4-5,8-10,26,28H,3,6-7,25H2,1-2H3. The van der Waals surface area contributed by atoms with Gasteiger partial charge in [-0.15, -0.1) is 0 Å². The molecule has 0 aliphatic rings. The Labute approximate surface area is 165 Å². The fourth-order valence-electron chi connectivity index (χ4n) is 3.00. The highest BCUT2D eigenvalue weighted by atomic mass is 19.1. The first-order valence-corrected chi connectivity index (χ1v) is 9.04. The molecular weight excluding hydrogens is 385 g/mol. The maximum Gasteiger partial charge on any atom is 0.195 e. The second kappa shape index (κ2) is 7.79. The number of nitrogens with one attached hydrogen (secondary N) is 1. The van der Waals surface area contributed by atoms with Gasteiger partial charge in [0, 0.05) is 24.2 Å². The maximum absolute atomic E-state index is 14.4. The Morgan fingerprint density at radius 3 is 2.48 bits per heavy atom. The van der Waals surface area contributed by atoms with E-state index in [1.165, 1.54) is 12.1 Å². The molecule has 4 N–H and O–H groups in total. The summed E-state index contributed by atoms with van der Waals surface area (Å²) in [5.41, 5.74) is 3.38. The van der Waals surface area contributed by atoms with Gasteiger partial charge >= 0.3 is 0 Å². The second-order valence-corrected chi connectivity index (χ2v) is 7.47. The van der Waals surface area contributed by atoms with E-state index in [4.69, 9.17) is 10.2 Å². The van der Waals surface area contributed by atoms with Gasteiger partial charge in [0.15, 0.2) is 16.8 Å². The normalized spacial score (nSPS) is 11.8. The Balaban J connectivity index is 2.03. The molecule has 29 heavy (non-hydrogen) atoms. The van der Waals surface area contributed by atoms with E-state index in [0.717, 1.165) is 12.1 Å². The molecule has 154 valence electrons. The molecule has 0 amide bonds. The Bertz CT molecular complexity index is 1120. The minimum atomic E-state index is -1.05. The van der Waals surface area contributed by atoms with Gasteiger partial charge in [0.25, 0.3) is 0 Å². The summed E-state index contributed by atoms with van der Waals surface area (Å²) in [6.07, 6.45) is 0.943. The third-order valence-corrected chi connectivity index (χ3v) is 4.46. The highest BCUT2D eigenvalue weighted by Gasteiger charge is 2.20. The molecule has 0 aliphatic heterocycles. The molecule has 3 aromatic rings. The number of fused-ring (bicyclic) bond motifs is 1. The summed E-state index contributed by atoms with van der Waals surface area (Å²) in [6, 6.07) is 5.47. The molecule has 5 nitrogen and oxygen atoms in total. The lowest BCUT2D eigenvalue weighted by Crippen LogP contribution is -2.20. The van der Waals surface area contributed by atoms with Gasteiger partial charge < -0.3 is 20.6 Å². The molecule has 0 atom stereocenters. The predicted molar refractivity (Wildman–Crippen MR) is 106 cm³/mol. The molecule has 1 aromatic heterocycles. The van der Waals surface area contributed by atoms with Crippen molar-refractivity contribution in [3.8, 4) is 11.3 Å². The van der Waals surface area contributed by atoms with Crippen LogP contribution < -0.4 is 16.5 Å². The lowest BCUT2D eigenvalue weighted by Gasteiger charge is -2.17. The number of aliphatic hydroxyl groups is 1. The molecule has 0 saturated heterocycles. The van der Waals surface area contributed by atoms with Crippen LogP contribution in [0, 0.1) is 17.5 Å². The van der Waals surface area contributed by atoms with Crippen molar-refractivity contribution in [1.82, 2.24) is 0 Å². The number of anilines is 2. The van der Waals surface area contributed by atoms with Crippen molar-refractivity contribution in [1.29, 1.82) is 0 Å². The fourth-order valence-corrected chi connectivity index (χ4v) is 3.00. The topological polar surface area (TPSA) is 88.5 Å². The lowest BCUT2D eigenvalue weighted by molar-refractivity contribution is 0.0698. The molecule has 0 spiro atoms. The predicted octanol–water partition coefficient (Wildman–Crippen LogP) is 4.42. The van der Waals surface area contributed by atoms with E-state index >= 15 is 0 Å². The number of nitrogens with two attached hydrogens (primary N) is 1. The third kappa shape index (κ3) is 4.54. The van der Waals surface area contributed by atoms with Gasteiger partial charge in [-0.1, -0.05) is 0 Å². The van der Waals surface area contributed by atoms with Crippen molar-refractivity contribution in [3.63, 3.8) is 0 Å². The molecule has 0 radical (unpaired) electrons. The van der Waals surface area contributed by atoms with Crippen molar-refractivity contribution >= 4 is 22.3 Å². The average molecular weight is 406 g/mol. The van der Waals surface area contributed by atoms with Crippen LogP contribution in [0.5, 0.6) is 0 Å². The van der Waals surface area contributed by atoms with Crippen molar-refractivity contribution in [2.45, 2.75) is 32.3 Å². The van der Waals surface area contributed by atoms with Gasteiger partial charge in [0.05, 0.1) is 22.4 Å². The molecular formula is C21H21F3N2O3. The highest BCUT2D eigenvalue weighted by molar-refractivity contribution is 5.91. The maximum atomic E-state index is 14.4. The van der Waals surface area contributed by atoms with E-state index in [2.05, 4.69) is 5.32 Å². The van der Waals surface area contributed by atoms with Crippen LogP contribution in [0.3, 0.4) is 0 Å². The summed E-state index contributed by atoms with van der Waals surface area (Å²) >= 11 is 0. The van der Waals surface area contributed by atoms with E-state index in [9.17, 15) is 23.1 Å². The van der Waals surface area contributed by atoms with E-state index in [0.29, 0.717) is 18.9 Å². The molecule has 0 fully saturated rings. The first-order valence-electron chi connectivity index (χ1n) is 9.04. The fraction of sp³-hybridized carbons (Fsp3) is 0.286. The van der Waals surface area contributed by atoms with Crippen molar-refractivity contribution < 1.29 is 22.7 Å². The zero-order chi connectivity index (χ0) is 21.3. The van der Waals surface area contributed by atoms with Crippen LogP contribution in [0.1, 0.15) is 26.7 Å². The monoisotopic (exact) mass is 406 g/mol. The van der Waals surface area contributed by atoms with Crippen LogP contribution in [-0.4, -0.2) is 17.3 Å². The molecule has 0 bridgehead atoms. The smallest absolute Gasteiger partial charge is 0.195 e. The van der Waals surface area contributed by atoms with E-state index in [1.807, 2.05) is 0 Å². The summed E-state index contributed by atoms with van der Waals surface area (Å²) in [6.45, 7) is 3.56. The van der Waals surface area contributed by atoms with Gasteiger partial charge in [-0.3, -0.25) is 4.79 Å².